The number of imide groups is 1. The van der Waals surface area contributed by atoms with Crippen LogP contribution in [0, 0.1) is 0 Å². The summed E-state index contributed by atoms with van der Waals surface area (Å²) in [6.07, 6.45) is 0. The molecule has 2 aromatic carbocycles. The predicted octanol–water partition coefficient (Wildman–Crippen LogP) is 3.40. The summed E-state index contributed by atoms with van der Waals surface area (Å²) in [5.41, 5.74) is 2.13. The van der Waals surface area contributed by atoms with Crippen LogP contribution < -0.4 is 10.2 Å². The Balaban J connectivity index is 1.48. The molecular formula is C21H20ClN5O3. The number of amides is 3. The highest BCUT2D eigenvalue weighted by molar-refractivity contribution is 6.31. The fourth-order valence-electron chi connectivity index (χ4n) is 3.53. The number of carbonyl (C=O) groups is 3. The number of fused-ring (bicyclic) bond motifs is 1. The summed E-state index contributed by atoms with van der Waals surface area (Å²) in [5.74, 6) is -0.936. The second-order valence-corrected chi connectivity index (χ2v) is 7.95. The zero-order chi connectivity index (χ0) is 21.4. The Labute approximate surface area is 178 Å². The zero-order valence-corrected chi connectivity index (χ0v) is 17.2. The minimum absolute atomic E-state index is 0.212. The lowest BCUT2D eigenvalue weighted by Gasteiger charge is -2.20. The van der Waals surface area contributed by atoms with Crippen LogP contribution in [-0.2, 0) is 14.4 Å². The van der Waals surface area contributed by atoms with Crippen molar-refractivity contribution in [3.8, 4) is 0 Å². The average Bonchev–Trinajstić information content (AvgIpc) is 3.21. The number of benzene rings is 2. The molecule has 0 aromatic heterocycles. The van der Waals surface area contributed by atoms with Crippen LogP contribution in [-0.4, -0.2) is 41.4 Å². The highest BCUT2D eigenvalue weighted by Gasteiger charge is 2.55. The molecule has 2 aliphatic rings. The van der Waals surface area contributed by atoms with E-state index in [-0.39, 0.29) is 6.54 Å². The number of rotatable bonds is 5. The van der Waals surface area contributed by atoms with Gasteiger partial charge in [0.2, 0.25) is 5.91 Å². The zero-order valence-electron chi connectivity index (χ0n) is 16.4. The molecule has 1 N–H and O–H groups in total. The van der Waals surface area contributed by atoms with Gasteiger partial charge in [0, 0.05) is 10.7 Å². The second-order valence-electron chi connectivity index (χ2n) is 7.51. The summed E-state index contributed by atoms with van der Waals surface area (Å²) in [5, 5.41) is 12.3. The highest BCUT2D eigenvalue weighted by atomic mass is 35.5. The van der Waals surface area contributed by atoms with Crippen LogP contribution >= 0.6 is 11.6 Å². The van der Waals surface area contributed by atoms with Gasteiger partial charge in [-0.2, -0.15) is 5.11 Å². The van der Waals surface area contributed by atoms with Crippen LogP contribution in [0.2, 0.25) is 5.02 Å². The standard InChI is InChI=1S/C21H20ClN5O3/c1-12(2)13-6-8-16(9-7-13)27-20(29)18-19(21(27)30)26(25-24-18)11-17(28)23-15-5-3-4-14(22)10-15/h3-10,12,18-19H,11H2,1-2H3,(H,23,28)/t18-,19-/m1/s1. The SMILES string of the molecule is CC(C)c1ccc(N2C(=O)[C@@H]3N=NN(CC(=O)Nc4cccc(Cl)c4)[C@H]3C2=O)cc1. The van der Waals surface area contributed by atoms with Crippen molar-refractivity contribution >= 4 is 40.7 Å². The fourth-order valence-corrected chi connectivity index (χ4v) is 3.72. The lowest BCUT2D eigenvalue weighted by atomic mass is 10.0. The maximum atomic E-state index is 13.0. The Morgan fingerprint density at radius 1 is 1.13 bits per heavy atom. The highest BCUT2D eigenvalue weighted by Crippen LogP contribution is 2.32. The molecule has 30 heavy (non-hydrogen) atoms. The number of anilines is 2. The van der Waals surface area contributed by atoms with Gasteiger partial charge in [-0.15, -0.1) is 0 Å². The summed E-state index contributed by atoms with van der Waals surface area (Å²) in [6, 6.07) is 12.1. The summed E-state index contributed by atoms with van der Waals surface area (Å²) in [7, 11) is 0. The molecule has 8 nitrogen and oxygen atoms in total. The van der Waals surface area contributed by atoms with Gasteiger partial charge in [0.25, 0.3) is 11.8 Å². The van der Waals surface area contributed by atoms with Crippen molar-refractivity contribution in [3.63, 3.8) is 0 Å². The fraction of sp³-hybridized carbons (Fsp3) is 0.286. The molecule has 2 aromatic rings. The van der Waals surface area contributed by atoms with Gasteiger partial charge in [-0.1, -0.05) is 48.9 Å². The summed E-state index contributed by atoms with van der Waals surface area (Å²) in [6.45, 7) is 3.92. The normalized spacial score (nSPS) is 20.3. The van der Waals surface area contributed by atoms with Crippen molar-refractivity contribution in [2.75, 3.05) is 16.8 Å². The van der Waals surface area contributed by atoms with Crippen LogP contribution in [0.25, 0.3) is 0 Å². The topological polar surface area (TPSA) is 94.4 Å². The number of hydrogen-bond donors (Lipinski definition) is 1. The van der Waals surface area contributed by atoms with Gasteiger partial charge in [0.05, 0.1) is 5.69 Å². The Morgan fingerprint density at radius 2 is 1.87 bits per heavy atom. The van der Waals surface area contributed by atoms with E-state index < -0.39 is 29.8 Å². The van der Waals surface area contributed by atoms with E-state index in [2.05, 4.69) is 29.5 Å². The third kappa shape index (κ3) is 3.66. The van der Waals surface area contributed by atoms with Gasteiger partial charge in [-0.25, -0.2) is 4.90 Å². The van der Waals surface area contributed by atoms with Crippen LogP contribution in [0.4, 0.5) is 11.4 Å². The van der Waals surface area contributed by atoms with E-state index in [9.17, 15) is 14.4 Å². The smallest absolute Gasteiger partial charge is 0.263 e. The van der Waals surface area contributed by atoms with E-state index in [1.54, 1.807) is 36.4 Å². The molecule has 4 rings (SSSR count). The molecule has 0 radical (unpaired) electrons. The van der Waals surface area contributed by atoms with E-state index in [0.29, 0.717) is 22.3 Å². The lowest BCUT2D eigenvalue weighted by Crippen LogP contribution is -2.43. The molecule has 1 fully saturated rings. The third-order valence-corrected chi connectivity index (χ3v) is 5.32. The van der Waals surface area contributed by atoms with Crippen molar-refractivity contribution in [1.82, 2.24) is 5.01 Å². The number of nitrogens with zero attached hydrogens (tertiary/aromatic N) is 4. The Hall–Kier alpha value is -3.26. The van der Waals surface area contributed by atoms with Crippen LogP contribution in [0.1, 0.15) is 25.3 Å². The van der Waals surface area contributed by atoms with Crippen LogP contribution in [0.15, 0.2) is 58.9 Å². The van der Waals surface area contributed by atoms with Crippen molar-refractivity contribution in [2.45, 2.75) is 31.8 Å². The largest absolute Gasteiger partial charge is 0.324 e. The monoisotopic (exact) mass is 425 g/mol. The average molecular weight is 426 g/mol. The van der Waals surface area contributed by atoms with E-state index in [1.807, 2.05) is 12.1 Å². The first-order chi connectivity index (χ1) is 14.3. The summed E-state index contributed by atoms with van der Waals surface area (Å²) in [4.78, 5) is 39.3. The Bertz CT molecular complexity index is 1040. The van der Waals surface area contributed by atoms with E-state index >= 15 is 0 Å². The number of carbonyl (C=O) groups excluding carboxylic acids is 3. The molecule has 2 heterocycles. The second kappa shape index (κ2) is 7.87. The van der Waals surface area contributed by atoms with E-state index in [1.165, 1.54) is 5.01 Å². The molecule has 2 atom stereocenters. The van der Waals surface area contributed by atoms with Gasteiger partial charge in [0.15, 0.2) is 12.1 Å². The minimum atomic E-state index is -0.943. The molecule has 2 aliphatic heterocycles. The van der Waals surface area contributed by atoms with Gasteiger partial charge in [-0.3, -0.25) is 19.4 Å². The molecular weight excluding hydrogens is 406 g/mol. The first-order valence-corrected chi connectivity index (χ1v) is 9.93. The van der Waals surface area contributed by atoms with Crippen molar-refractivity contribution in [3.05, 3.63) is 59.1 Å². The van der Waals surface area contributed by atoms with E-state index in [4.69, 9.17) is 11.6 Å². The van der Waals surface area contributed by atoms with Gasteiger partial charge in [-0.05, 0) is 41.8 Å². The first-order valence-electron chi connectivity index (χ1n) is 9.56. The maximum absolute atomic E-state index is 13.0. The molecule has 1 saturated heterocycles. The lowest BCUT2D eigenvalue weighted by molar-refractivity contribution is -0.123. The van der Waals surface area contributed by atoms with Crippen molar-refractivity contribution in [2.24, 2.45) is 10.3 Å². The molecule has 0 bridgehead atoms. The molecule has 0 spiro atoms. The molecule has 0 unspecified atom stereocenters. The Kier molecular flexibility index (Phi) is 5.26. The third-order valence-electron chi connectivity index (χ3n) is 5.09. The number of nitrogens with one attached hydrogen (secondary N) is 1. The molecule has 9 heteroatoms. The molecule has 0 saturated carbocycles. The van der Waals surface area contributed by atoms with Gasteiger partial charge >= 0.3 is 0 Å². The van der Waals surface area contributed by atoms with Crippen LogP contribution in [0.3, 0.4) is 0 Å². The van der Waals surface area contributed by atoms with E-state index in [0.717, 1.165) is 10.5 Å². The quantitative estimate of drug-likeness (QED) is 0.743. The maximum Gasteiger partial charge on any atom is 0.263 e. The number of hydrogen-bond acceptors (Lipinski definition) is 6. The molecule has 154 valence electrons. The van der Waals surface area contributed by atoms with Crippen molar-refractivity contribution < 1.29 is 14.4 Å². The molecule has 3 amide bonds. The van der Waals surface area contributed by atoms with Gasteiger partial charge < -0.3 is 5.32 Å². The predicted molar refractivity (Wildman–Crippen MR) is 112 cm³/mol. The van der Waals surface area contributed by atoms with Crippen LogP contribution in [0.5, 0.6) is 0 Å². The minimum Gasteiger partial charge on any atom is -0.324 e. The number of halogens is 1. The molecule has 0 aliphatic carbocycles. The first kappa shape index (κ1) is 20.0. The summed E-state index contributed by atoms with van der Waals surface area (Å²) < 4.78 is 0. The summed E-state index contributed by atoms with van der Waals surface area (Å²) >= 11 is 5.93. The van der Waals surface area contributed by atoms with Crippen molar-refractivity contribution in [1.29, 1.82) is 0 Å². The Morgan fingerprint density at radius 3 is 2.53 bits per heavy atom. The van der Waals surface area contributed by atoms with Gasteiger partial charge in [0.1, 0.15) is 6.54 Å².